The molecule has 0 atom stereocenters. The maximum Gasteiger partial charge on any atom is 0.332 e. The summed E-state index contributed by atoms with van der Waals surface area (Å²) in [5.41, 5.74) is 10.4. The van der Waals surface area contributed by atoms with Crippen molar-refractivity contribution in [3.05, 3.63) is 52.5 Å². The van der Waals surface area contributed by atoms with E-state index in [-0.39, 0.29) is 0 Å². The van der Waals surface area contributed by atoms with Crippen LogP contribution in [0.4, 0.5) is 4.79 Å². The summed E-state index contributed by atoms with van der Waals surface area (Å²) in [6, 6.07) is 9.37. The Kier molecular flexibility index (Phi) is 3.65. The van der Waals surface area contributed by atoms with Crippen molar-refractivity contribution in [2.75, 3.05) is 0 Å². The Morgan fingerprint density at radius 3 is 3.19 bits per heavy atom. The summed E-state index contributed by atoms with van der Waals surface area (Å²) in [5, 5.41) is 5.80. The van der Waals surface area contributed by atoms with E-state index in [9.17, 15) is 4.79 Å². The first-order chi connectivity index (χ1) is 10.2. The predicted octanol–water partition coefficient (Wildman–Crippen LogP) is 2.15. The van der Waals surface area contributed by atoms with Crippen molar-refractivity contribution in [1.29, 1.82) is 0 Å². The number of carbonyl (C=O) groups excluding carboxylic acids is 1. The molecule has 0 aliphatic carbocycles. The van der Waals surface area contributed by atoms with Gasteiger partial charge in [0.25, 0.3) is 0 Å². The zero-order valence-electron chi connectivity index (χ0n) is 11.1. The lowest BCUT2D eigenvalue weighted by Gasteiger charge is -2.01. The number of urea groups is 1. The van der Waals surface area contributed by atoms with E-state index in [1.54, 1.807) is 17.6 Å². The van der Waals surface area contributed by atoms with E-state index >= 15 is 0 Å². The van der Waals surface area contributed by atoms with E-state index < -0.39 is 6.03 Å². The van der Waals surface area contributed by atoms with Crippen LogP contribution in [0.3, 0.4) is 0 Å². The van der Waals surface area contributed by atoms with Crippen LogP contribution >= 0.6 is 11.3 Å². The molecular formula is C14H13N5OS. The highest BCUT2D eigenvalue weighted by atomic mass is 32.1. The van der Waals surface area contributed by atoms with Crippen LogP contribution in [0, 0.1) is 0 Å². The number of hydrazone groups is 1. The number of hydrogen-bond acceptors (Lipinski definition) is 4. The minimum absolute atomic E-state index is 0.673. The molecular weight excluding hydrogens is 286 g/mol. The molecule has 0 saturated heterocycles. The monoisotopic (exact) mass is 299 g/mol. The van der Waals surface area contributed by atoms with E-state index in [0.717, 1.165) is 28.0 Å². The lowest BCUT2D eigenvalue weighted by molar-refractivity contribution is 0.249. The van der Waals surface area contributed by atoms with E-state index in [2.05, 4.69) is 25.5 Å². The number of nitrogens with two attached hydrogens (primary N) is 1. The second-order valence-corrected chi connectivity index (χ2v) is 5.40. The molecule has 3 N–H and O–H groups in total. The summed E-state index contributed by atoms with van der Waals surface area (Å²) < 4.78 is 2.10. The molecule has 2 heterocycles. The summed E-state index contributed by atoms with van der Waals surface area (Å²) in [4.78, 5) is 15.8. The summed E-state index contributed by atoms with van der Waals surface area (Å²) in [5.74, 6) is 0. The molecule has 0 unspecified atom stereocenters. The minimum atomic E-state index is -0.673. The molecule has 0 radical (unpaired) electrons. The van der Waals surface area contributed by atoms with E-state index in [1.165, 1.54) is 0 Å². The number of aromatic nitrogens is 2. The van der Waals surface area contributed by atoms with Gasteiger partial charge in [-0.2, -0.15) is 5.10 Å². The molecule has 21 heavy (non-hydrogen) atoms. The van der Waals surface area contributed by atoms with Crippen molar-refractivity contribution in [3.63, 3.8) is 0 Å². The number of amides is 2. The molecule has 106 valence electrons. The predicted molar refractivity (Wildman–Crippen MR) is 83.5 cm³/mol. The average Bonchev–Trinajstić information content (AvgIpc) is 3.07. The Bertz CT molecular complexity index is 804. The highest BCUT2D eigenvalue weighted by Crippen LogP contribution is 2.17. The first-order valence-corrected chi connectivity index (χ1v) is 7.16. The molecule has 0 spiro atoms. The summed E-state index contributed by atoms with van der Waals surface area (Å²) in [7, 11) is 0. The molecule has 2 amide bonds. The molecule has 3 aromatic rings. The topological polar surface area (TPSA) is 85.3 Å². The zero-order valence-corrected chi connectivity index (χ0v) is 11.9. The first-order valence-electron chi connectivity index (χ1n) is 6.28. The Hall–Kier alpha value is -2.67. The standard InChI is InChI=1S/C14H13N5OS/c15-14(20)18-17-6-11-5-10(8-21-11)7-19-9-16-12-3-1-2-4-13(12)19/h1-6,8-9H,7H2,(H3,15,18,20)/b17-6-. The Labute approximate surface area is 124 Å². The number of imidazole rings is 1. The van der Waals surface area contributed by atoms with Crippen LogP contribution in [0.5, 0.6) is 0 Å². The molecule has 0 fully saturated rings. The van der Waals surface area contributed by atoms with Crippen molar-refractivity contribution in [1.82, 2.24) is 15.0 Å². The van der Waals surface area contributed by atoms with E-state index in [1.807, 2.05) is 36.7 Å². The van der Waals surface area contributed by atoms with Crippen molar-refractivity contribution in [2.45, 2.75) is 6.54 Å². The number of para-hydroxylation sites is 2. The Morgan fingerprint density at radius 2 is 2.33 bits per heavy atom. The average molecular weight is 299 g/mol. The molecule has 7 heteroatoms. The Balaban J connectivity index is 1.75. The molecule has 0 aliphatic heterocycles. The van der Waals surface area contributed by atoms with E-state index in [4.69, 9.17) is 5.73 Å². The van der Waals surface area contributed by atoms with Gasteiger partial charge in [-0.3, -0.25) is 0 Å². The van der Waals surface area contributed by atoms with Crippen LogP contribution in [0.25, 0.3) is 11.0 Å². The quantitative estimate of drug-likeness (QED) is 0.571. The summed E-state index contributed by atoms with van der Waals surface area (Å²) >= 11 is 1.55. The van der Waals surface area contributed by atoms with Gasteiger partial charge in [0.2, 0.25) is 0 Å². The number of carbonyl (C=O) groups is 1. The van der Waals surface area contributed by atoms with Gasteiger partial charge in [0.05, 0.1) is 23.6 Å². The zero-order chi connectivity index (χ0) is 14.7. The largest absolute Gasteiger partial charge is 0.350 e. The summed E-state index contributed by atoms with van der Waals surface area (Å²) in [6.07, 6.45) is 3.41. The maximum absolute atomic E-state index is 10.5. The fourth-order valence-corrected chi connectivity index (χ4v) is 2.80. The number of thiophene rings is 1. The van der Waals surface area contributed by atoms with Gasteiger partial charge in [0.15, 0.2) is 0 Å². The van der Waals surface area contributed by atoms with Crippen LogP contribution < -0.4 is 11.2 Å². The highest BCUT2D eigenvalue weighted by molar-refractivity contribution is 7.11. The van der Waals surface area contributed by atoms with Crippen LogP contribution in [-0.4, -0.2) is 21.8 Å². The molecule has 0 saturated carbocycles. The molecule has 1 aromatic carbocycles. The van der Waals surface area contributed by atoms with Crippen molar-refractivity contribution >= 4 is 34.6 Å². The third-order valence-corrected chi connectivity index (χ3v) is 3.84. The van der Waals surface area contributed by atoms with Gasteiger partial charge < -0.3 is 10.3 Å². The third-order valence-electron chi connectivity index (χ3n) is 2.92. The smallest absolute Gasteiger partial charge is 0.332 e. The Morgan fingerprint density at radius 1 is 1.48 bits per heavy atom. The lowest BCUT2D eigenvalue weighted by Crippen LogP contribution is -2.24. The van der Waals surface area contributed by atoms with Crippen LogP contribution in [0.2, 0.25) is 0 Å². The maximum atomic E-state index is 10.5. The molecule has 6 nitrogen and oxygen atoms in total. The normalized spacial score (nSPS) is 11.2. The van der Waals surface area contributed by atoms with Crippen LogP contribution in [-0.2, 0) is 6.54 Å². The number of rotatable bonds is 4. The van der Waals surface area contributed by atoms with Crippen LogP contribution in [0.1, 0.15) is 10.4 Å². The molecule has 3 rings (SSSR count). The molecule has 0 bridgehead atoms. The fraction of sp³-hybridized carbons (Fsp3) is 0.0714. The molecule has 2 aromatic heterocycles. The first kappa shape index (κ1) is 13.3. The van der Waals surface area contributed by atoms with Crippen molar-refractivity contribution < 1.29 is 4.79 Å². The number of nitrogens with zero attached hydrogens (tertiary/aromatic N) is 3. The highest BCUT2D eigenvalue weighted by Gasteiger charge is 2.04. The number of primary amides is 1. The molecule has 0 aliphatic rings. The van der Waals surface area contributed by atoms with Gasteiger partial charge >= 0.3 is 6.03 Å². The number of benzene rings is 1. The van der Waals surface area contributed by atoms with Gasteiger partial charge in [0, 0.05) is 11.4 Å². The van der Waals surface area contributed by atoms with Crippen molar-refractivity contribution in [2.24, 2.45) is 10.8 Å². The number of hydrogen-bond donors (Lipinski definition) is 2. The van der Waals surface area contributed by atoms with E-state index in [0.29, 0.717) is 0 Å². The SMILES string of the molecule is NC(=O)N/N=C\c1cc(Cn2cnc3ccccc32)cs1. The van der Waals surface area contributed by atoms with Crippen LogP contribution in [0.15, 0.2) is 47.1 Å². The van der Waals surface area contributed by atoms with Crippen molar-refractivity contribution in [3.8, 4) is 0 Å². The second kappa shape index (κ2) is 5.76. The van der Waals surface area contributed by atoms with Gasteiger partial charge in [-0.05, 0) is 29.1 Å². The minimum Gasteiger partial charge on any atom is -0.350 e. The lowest BCUT2D eigenvalue weighted by atomic mass is 10.3. The van der Waals surface area contributed by atoms with Gasteiger partial charge in [-0.15, -0.1) is 11.3 Å². The van der Waals surface area contributed by atoms with Gasteiger partial charge in [0.1, 0.15) is 0 Å². The number of nitrogens with one attached hydrogen (secondary N) is 1. The second-order valence-electron chi connectivity index (χ2n) is 4.45. The number of fused-ring (bicyclic) bond motifs is 1. The van der Waals surface area contributed by atoms with Gasteiger partial charge in [-0.1, -0.05) is 12.1 Å². The third kappa shape index (κ3) is 3.09. The van der Waals surface area contributed by atoms with Gasteiger partial charge in [-0.25, -0.2) is 15.2 Å². The summed E-state index contributed by atoms with van der Waals surface area (Å²) in [6.45, 7) is 0.744. The fourth-order valence-electron chi connectivity index (χ4n) is 2.04.